The number of aryl methyl sites for hydroxylation is 1. The summed E-state index contributed by atoms with van der Waals surface area (Å²) in [6.07, 6.45) is -0.619. The molecule has 0 aromatic heterocycles. The first-order valence-electron chi connectivity index (χ1n) is 8.54. The van der Waals surface area contributed by atoms with Gasteiger partial charge >= 0.3 is 6.09 Å². The molecule has 27 heavy (non-hydrogen) atoms. The lowest BCUT2D eigenvalue weighted by molar-refractivity contribution is -0.117. The number of carbonyl (C=O) groups excluding carboxylic acids is 2. The van der Waals surface area contributed by atoms with Crippen molar-refractivity contribution >= 4 is 18.0 Å². The highest BCUT2D eigenvalue weighted by atomic mass is 16.6. The molecule has 1 N–H and O–H groups in total. The molecule has 0 radical (unpaired) electrons. The fraction of sp³-hybridized carbons (Fsp3) is 0.250. The maximum atomic E-state index is 12.4. The number of hydrogen-bond acceptors (Lipinski definition) is 5. The highest BCUT2D eigenvalue weighted by molar-refractivity contribution is 6.07. The molecule has 0 spiro atoms. The zero-order valence-electron chi connectivity index (χ0n) is 15.3. The van der Waals surface area contributed by atoms with Crippen molar-refractivity contribution in [1.29, 1.82) is 0 Å². The number of amides is 2. The Hall–Kier alpha value is -3.35. The number of carbonyl (C=O) groups is 2. The number of benzene rings is 2. The second-order valence-electron chi connectivity index (χ2n) is 6.12. The summed E-state index contributed by atoms with van der Waals surface area (Å²) in [5, 5.41) is 3.03. The van der Waals surface area contributed by atoms with E-state index < -0.39 is 12.0 Å². The van der Waals surface area contributed by atoms with Crippen LogP contribution < -0.4 is 10.1 Å². The number of methoxy groups -OCH3 is 1. The van der Waals surface area contributed by atoms with Gasteiger partial charge in [0.25, 0.3) is 5.91 Å². The molecule has 0 atom stereocenters. The van der Waals surface area contributed by atoms with E-state index in [0.29, 0.717) is 6.54 Å². The first kappa shape index (κ1) is 18.4. The zero-order chi connectivity index (χ0) is 19.2. The van der Waals surface area contributed by atoms with Gasteiger partial charge in [0.05, 0.1) is 7.11 Å². The summed E-state index contributed by atoms with van der Waals surface area (Å²) in [6.45, 7) is 2.33. The molecule has 7 nitrogen and oxygen atoms in total. The lowest BCUT2D eigenvalue weighted by Crippen LogP contribution is -2.42. The van der Waals surface area contributed by atoms with E-state index in [9.17, 15) is 9.59 Å². The van der Waals surface area contributed by atoms with Crippen molar-refractivity contribution in [1.82, 2.24) is 10.2 Å². The number of hydrogen-bond donors (Lipinski definition) is 1. The smallest absolute Gasteiger partial charge is 0.417 e. The van der Waals surface area contributed by atoms with Crippen LogP contribution in [0.3, 0.4) is 0 Å². The molecule has 1 heterocycles. The van der Waals surface area contributed by atoms with E-state index in [0.717, 1.165) is 22.4 Å². The molecule has 0 saturated carbocycles. The van der Waals surface area contributed by atoms with Crippen molar-refractivity contribution in [3.63, 3.8) is 0 Å². The molecule has 0 saturated heterocycles. The third kappa shape index (κ3) is 4.63. The standard InChI is InChI=1S/C20H21N3O4/c1-14-8-9-16(17(10-14)26-2)11-21-19-22-18(24)12-23(19)20(25)27-13-15-6-4-3-5-7-15/h3-10H,11-13H2,1-2H3,(H,21,22,24). The average molecular weight is 367 g/mol. The number of nitrogens with one attached hydrogen (secondary N) is 1. The Morgan fingerprint density at radius 1 is 1.22 bits per heavy atom. The van der Waals surface area contributed by atoms with E-state index in [4.69, 9.17) is 9.47 Å². The summed E-state index contributed by atoms with van der Waals surface area (Å²) in [4.78, 5) is 29.2. The van der Waals surface area contributed by atoms with Crippen LogP contribution in [-0.4, -0.2) is 36.5 Å². The van der Waals surface area contributed by atoms with E-state index in [-0.39, 0.29) is 19.1 Å². The highest BCUT2D eigenvalue weighted by Crippen LogP contribution is 2.20. The van der Waals surface area contributed by atoms with Gasteiger partial charge in [-0.25, -0.2) is 9.69 Å². The molecule has 1 aliphatic heterocycles. The van der Waals surface area contributed by atoms with Crippen LogP contribution in [0.5, 0.6) is 5.75 Å². The molecular weight excluding hydrogens is 346 g/mol. The van der Waals surface area contributed by atoms with Crippen LogP contribution in [0.15, 0.2) is 53.5 Å². The van der Waals surface area contributed by atoms with Crippen LogP contribution in [0.4, 0.5) is 4.79 Å². The lowest BCUT2D eigenvalue weighted by atomic mass is 10.1. The third-order valence-corrected chi connectivity index (χ3v) is 4.08. The van der Waals surface area contributed by atoms with Gasteiger partial charge in [-0.15, -0.1) is 0 Å². The van der Waals surface area contributed by atoms with Gasteiger partial charge in [0.15, 0.2) is 0 Å². The average Bonchev–Trinajstić information content (AvgIpc) is 3.06. The van der Waals surface area contributed by atoms with Gasteiger partial charge in [-0.05, 0) is 24.1 Å². The monoisotopic (exact) mass is 367 g/mol. The Balaban J connectivity index is 1.62. The van der Waals surface area contributed by atoms with E-state index >= 15 is 0 Å². The number of rotatable bonds is 5. The second-order valence-corrected chi connectivity index (χ2v) is 6.12. The second kappa shape index (κ2) is 8.35. The van der Waals surface area contributed by atoms with Gasteiger partial charge in [0.2, 0.25) is 5.96 Å². The van der Waals surface area contributed by atoms with E-state index in [2.05, 4.69) is 10.3 Å². The maximum absolute atomic E-state index is 12.4. The number of nitrogens with zero attached hydrogens (tertiary/aromatic N) is 2. The van der Waals surface area contributed by atoms with Gasteiger partial charge in [0, 0.05) is 12.1 Å². The van der Waals surface area contributed by atoms with Crippen molar-refractivity contribution in [2.75, 3.05) is 13.7 Å². The molecular formula is C20H21N3O4. The molecule has 2 amide bonds. The largest absolute Gasteiger partial charge is 0.496 e. The number of guanidine groups is 1. The molecule has 7 heteroatoms. The molecule has 3 rings (SSSR count). The Morgan fingerprint density at radius 3 is 2.74 bits per heavy atom. The molecule has 0 aliphatic carbocycles. The topological polar surface area (TPSA) is 80.2 Å². The summed E-state index contributed by atoms with van der Waals surface area (Å²) in [5.74, 6) is 0.511. The quantitative estimate of drug-likeness (QED) is 0.879. The van der Waals surface area contributed by atoms with Crippen LogP contribution in [-0.2, 0) is 22.7 Å². The predicted molar refractivity (Wildman–Crippen MR) is 100 cm³/mol. The first-order valence-corrected chi connectivity index (χ1v) is 8.54. The zero-order valence-corrected chi connectivity index (χ0v) is 15.3. The fourth-order valence-corrected chi connectivity index (χ4v) is 2.68. The first-order chi connectivity index (χ1) is 13.1. The van der Waals surface area contributed by atoms with E-state index in [1.165, 1.54) is 4.90 Å². The minimum atomic E-state index is -0.619. The summed E-state index contributed by atoms with van der Waals surface area (Å²) >= 11 is 0. The van der Waals surface area contributed by atoms with Gasteiger partial charge in [-0.2, -0.15) is 4.99 Å². The van der Waals surface area contributed by atoms with E-state index in [1.807, 2.05) is 55.5 Å². The summed E-state index contributed by atoms with van der Waals surface area (Å²) in [7, 11) is 1.60. The van der Waals surface area contributed by atoms with Crippen LogP contribution in [0, 0.1) is 6.92 Å². The van der Waals surface area contributed by atoms with Gasteiger partial charge < -0.3 is 14.8 Å². The normalized spacial score (nSPS) is 13.3. The van der Waals surface area contributed by atoms with Crippen LogP contribution >= 0.6 is 0 Å². The molecule has 2 aromatic rings. The minimum absolute atomic E-state index is 0.128. The van der Waals surface area contributed by atoms with Crippen molar-refractivity contribution in [2.45, 2.75) is 20.1 Å². The molecule has 1 aliphatic rings. The molecule has 0 unspecified atom stereocenters. The van der Waals surface area contributed by atoms with Crippen molar-refractivity contribution in [3.8, 4) is 5.75 Å². The Bertz CT molecular complexity index is 865. The van der Waals surface area contributed by atoms with Crippen LogP contribution in [0.25, 0.3) is 0 Å². The Morgan fingerprint density at radius 2 is 2.00 bits per heavy atom. The van der Waals surface area contributed by atoms with Gasteiger partial charge in [0.1, 0.15) is 18.9 Å². The Labute approximate surface area is 157 Å². The van der Waals surface area contributed by atoms with Crippen molar-refractivity contribution in [3.05, 3.63) is 65.2 Å². The maximum Gasteiger partial charge on any atom is 0.417 e. The van der Waals surface area contributed by atoms with Crippen LogP contribution in [0.2, 0.25) is 0 Å². The highest BCUT2D eigenvalue weighted by Gasteiger charge is 2.30. The van der Waals surface area contributed by atoms with Crippen LogP contribution in [0.1, 0.15) is 16.7 Å². The predicted octanol–water partition coefficient (Wildman–Crippen LogP) is 2.63. The van der Waals surface area contributed by atoms with E-state index in [1.54, 1.807) is 7.11 Å². The number of aliphatic imine (C=N–C) groups is 1. The van der Waals surface area contributed by atoms with Gasteiger partial charge in [-0.3, -0.25) is 4.79 Å². The molecule has 0 bridgehead atoms. The molecule has 0 fully saturated rings. The van der Waals surface area contributed by atoms with Crippen molar-refractivity contribution in [2.24, 2.45) is 4.99 Å². The lowest BCUT2D eigenvalue weighted by Gasteiger charge is -2.19. The summed E-state index contributed by atoms with van der Waals surface area (Å²) in [6, 6.07) is 15.2. The molecule has 2 aromatic carbocycles. The van der Waals surface area contributed by atoms with Gasteiger partial charge in [-0.1, -0.05) is 42.5 Å². The summed E-state index contributed by atoms with van der Waals surface area (Å²) in [5.41, 5.74) is 2.84. The fourth-order valence-electron chi connectivity index (χ4n) is 2.68. The Kier molecular flexibility index (Phi) is 5.71. The van der Waals surface area contributed by atoms with Crippen molar-refractivity contribution < 1.29 is 19.1 Å². The molecule has 140 valence electrons. The number of ether oxygens (including phenoxy) is 2. The SMILES string of the molecule is COc1cc(C)ccc1CNC1=NC(=O)CN1C(=O)OCc1ccccc1. The minimum Gasteiger partial charge on any atom is -0.496 e. The summed E-state index contributed by atoms with van der Waals surface area (Å²) < 4.78 is 10.7. The third-order valence-electron chi connectivity index (χ3n) is 4.08.